The van der Waals surface area contributed by atoms with Crippen molar-refractivity contribution in [1.29, 1.82) is 0 Å². The van der Waals surface area contributed by atoms with E-state index in [2.05, 4.69) is 10.5 Å². The van der Waals surface area contributed by atoms with Crippen molar-refractivity contribution in [3.05, 3.63) is 46.2 Å². The van der Waals surface area contributed by atoms with Crippen LogP contribution in [0.4, 0.5) is 0 Å². The van der Waals surface area contributed by atoms with Crippen LogP contribution in [0.2, 0.25) is 5.02 Å². The number of halogens is 1. The lowest BCUT2D eigenvalue weighted by atomic mass is 10.0. The molecule has 0 aliphatic rings. The molecule has 0 saturated carbocycles. The van der Waals surface area contributed by atoms with Crippen molar-refractivity contribution in [2.75, 3.05) is 7.11 Å². The van der Waals surface area contributed by atoms with Crippen molar-refractivity contribution >= 4 is 11.6 Å². The van der Waals surface area contributed by atoms with Crippen molar-refractivity contribution < 1.29 is 4.74 Å². The van der Waals surface area contributed by atoms with E-state index >= 15 is 0 Å². The van der Waals surface area contributed by atoms with Crippen LogP contribution in [0.3, 0.4) is 0 Å². The Labute approximate surface area is 130 Å². The third kappa shape index (κ3) is 3.37. The Morgan fingerprint density at radius 3 is 2.81 bits per heavy atom. The van der Waals surface area contributed by atoms with Gasteiger partial charge in [-0.25, -0.2) is 0 Å². The number of methoxy groups -OCH3 is 1. The SMILES string of the molecule is CCc1nn(C)c(CC(NN)c2cccc(OC)c2)c1Cl. The number of ether oxygens (including phenoxy) is 1. The molecule has 3 N–H and O–H groups in total. The quantitative estimate of drug-likeness (QED) is 0.635. The molecule has 2 aromatic rings. The number of benzene rings is 1. The number of nitrogens with zero attached hydrogens (tertiary/aromatic N) is 2. The highest BCUT2D eigenvalue weighted by Crippen LogP contribution is 2.27. The summed E-state index contributed by atoms with van der Waals surface area (Å²) < 4.78 is 7.08. The molecule has 114 valence electrons. The number of hydrogen-bond donors (Lipinski definition) is 2. The second-order valence-corrected chi connectivity index (χ2v) is 5.26. The maximum absolute atomic E-state index is 6.40. The van der Waals surface area contributed by atoms with Gasteiger partial charge in [0.1, 0.15) is 5.75 Å². The first-order valence-corrected chi connectivity index (χ1v) is 7.28. The third-order valence-corrected chi connectivity index (χ3v) is 4.03. The fourth-order valence-electron chi connectivity index (χ4n) is 2.37. The first kappa shape index (κ1) is 15.8. The highest BCUT2D eigenvalue weighted by Gasteiger charge is 2.19. The van der Waals surface area contributed by atoms with Crippen molar-refractivity contribution in [2.45, 2.75) is 25.8 Å². The van der Waals surface area contributed by atoms with Gasteiger partial charge in [0.2, 0.25) is 0 Å². The van der Waals surface area contributed by atoms with Crippen molar-refractivity contribution in [1.82, 2.24) is 15.2 Å². The Kier molecular flexibility index (Phi) is 5.22. The predicted molar refractivity (Wildman–Crippen MR) is 84.4 cm³/mol. The van der Waals surface area contributed by atoms with E-state index in [0.29, 0.717) is 6.42 Å². The van der Waals surface area contributed by atoms with E-state index in [9.17, 15) is 0 Å². The molecule has 0 saturated heterocycles. The monoisotopic (exact) mass is 308 g/mol. The number of nitrogens with one attached hydrogen (secondary N) is 1. The van der Waals surface area contributed by atoms with Gasteiger partial charge in [-0.15, -0.1) is 0 Å². The minimum absolute atomic E-state index is 0.0577. The molecule has 0 fully saturated rings. The molecule has 1 aromatic carbocycles. The molecule has 0 aliphatic carbocycles. The first-order valence-electron chi connectivity index (χ1n) is 6.91. The van der Waals surface area contributed by atoms with Crippen molar-refractivity contribution in [3.63, 3.8) is 0 Å². The van der Waals surface area contributed by atoms with Gasteiger partial charge in [-0.05, 0) is 24.1 Å². The standard InChI is InChI=1S/C15H21ClN4O/c1-4-12-15(16)14(20(2)19-12)9-13(18-17)10-6-5-7-11(8-10)21-3/h5-8,13,18H,4,9,17H2,1-3H3. The minimum Gasteiger partial charge on any atom is -0.497 e. The maximum atomic E-state index is 6.40. The number of nitrogens with two attached hydrogens (primary N) is 1. The van der Waals surface area contributed by atoms with Crippen molar-refractivity contribution in [2.24, 2.45) is 12.9 Å². The van der Waals surface area contributed by atoms with Crippen molar-refractivity contribution in [3.8, 4) is 5.75 Å². The van der Waals surface area contributed by atoms with Gasteiger partial charge in [-0.2, -0.15) is 5.10 Å². The lowest BCUT2D eigenvalue weighted by molar-refractivity contribution is 0.412. The van der Waals surface area contributed by atoms with Gasteiger partial charge >= 0.3 is 0 Å². The lowest BCUT2D eigenvalue weighted by Crippen LogP contribution is -2.30. The van der Waals surface area contributed by atoms with Gasteiger partial charge in [0.15, 0.2) is 0 Å². The van der Waals surface area contributed by atoms with E-state index in [1.165, 1.54) is 0 Å². The average Bonchev–Trinajstić information content (AvgIpc) is 2.79. The Bertz CT molecular complexity index is 612. The molecule has 6 heteroatoms. The van der Waals surface area contributed by atoms with Gasteiger partial charge < -0.3 is 4.74 Å². The summed E-state index contributed by atoms with van der Waals surface area (Å²) in [5, 5.41) is 5.16. The zero-order chi connectivity index (χ0) is 15.4. The average molecular weight is 309 g/mol. The molecule has 2 rings (SSSR count). The van der Waals surface area contributed by atoms with Gasteiger partial charge in [0, 0.05) is 13.5 Å². The number of aromatic nitrogens is 2. The Hall–Kier alpha value is -1.56. The summed E-state index contributed by atoms with van der Waals surface area (Å²) in [5.74, 6) is 6.52. The zero-order valence-electron chi connectivity index (χ0n) is 12.6. The van der Waals surface area contributed by atoms with Crippen LogP contribution in [-0.4, -0.2) is 16.9 Å². The van der Waals surface area contributed by atoms with Crippen LogP contribution in [-0.2, 0) is 19.9 Å². The molecule has 0 amide bonds. The van der Waals surface area contributed by atoms with Crippen LogP contribution in [0.1, 0.15) is 29.9 Å². The first-order chi connectivity index (χ1) is 10.1. The molecule has 1 heterocycles. The molecule has 1 aromatic heterocycles. The van der Waals surface area contributed by atoms with Gasteiger partial charge in [0.05, 0.1) is 29.6 Å². The molecule has 0 bridgehead atoms. The van der Waals surface area contributed by atoms with E-state index < -0.39 is 0 Å². The summed E-state index contributed by atoms with van der Waals surface area (Å²) in [6.07, 6.45) is 1.47. The fourth-order valence-corrected chi connectivity index (χ4v) is 2.74. The Balaban J connectivity index is 2.28. The smallest absolute Gasteiger partial charge is 0.119 e. The number of aryl methyl sites for hydroxylation is 2. The molecule has 0 radical (unpaired) electrons. The minimum atomic E-state index is -0.0577. The summed E-state index contributed by atoms with van der Waals surface area (Å²) in [6.45, 7) is 2.04. The highest BCUT2D eigenvalue weighted by atomic mass is 35.5. The summed E-state index contributed by atoms with van der Waals surface area (Å²) in [7, 11) is 3.55. The van der Waals surface area contributed by atoms with Crippen LogP contribution in [0.25, 0.3) is 0 Å². The highest BCUT2D eigenvalue weighted by molar-refractivity contribution is 6.31. The largest absolute Gasteiger partial charge is 0.497 e. The van der Waals surface area contributed by atoms with E-state index in [1.54, 1.807) is 7.11 Å². The van der Waals surface area contributed by atoms with Gasteiger partial charge in [-0.1, -0.05) is 30.7 Å². The van der Waals surface area contributed by atoms with Crippen LogP contribution in [0.5, 0.6) is 5.75 Å². The normalized spacial score (nSPS) is 12.4. The Morgan fingerprint density at radius 2 is 2.24 bits per heavy atom. The van der Waals surface area contributed by atoms with Crippen LogP contribution >= 0.6 is 11.6 Å². The van der Waals surface area contributed by atoms with Gasteiger partial charge in [-0.3, -0.25) is 16.0 Å². The summed E-state index contributed by atoms with van der Waals surface area (Å²) in [5.41, 5.74) is 5.78. The zero-order valence-corrected chi connectivity index (χ0v) is 13.3. The predicted octanol–water partition coefficient (Wildman–Crippen LogP) is 2.39. The summed E-state index contributed by atoms with van der Waals surface area (Å²) in [6, 6.07) is 7.77. The maximum Gasteiger partial charge on any atom is 0.119 e. The third-order valence-electron chi connectivity index (χ3n) is 3.60. The molecular weight excluding hydrogens is 288 g/mol. The van der Waals surface area contributed by atoms with E-state index in [0.717, 1.165) is 34.1 Å². The number of hydrazine groups is 1. The molecule has 0 spiro atoms. The van der Waals surface area contributed by atoms with E-state index in [1.807, 2.05) is 42.9 Å². The van der Waals surface area contributed by atoms with E-state index in [4.69, 9.17) is 22.2 Å². The fraction of sp³-hybridized carbons (Fsp3) is 0.400. The molecule has 1 atom stereocenters. The van der Waals surface area contributed by atoms with Crippen LogP contribution in [0, 0.1) is 0 Å². The molecule has 21 heavy (non-hydrogen) atoms. The molecule has 5 nitrogen and oxygen atoms in total. The molecular formula is C15H21ClN4O. The van der Waals surface area contributed by atoms with Crippen LogP contribution < -0.4 is 16.0 Å². The van der Waals surface area contributed by atoms with E-state index in [-0.39, 0.29) is 6.04 Å². The summed E-state index contributed by atoms with van der Waals surface area (Å²) >= 11 is 6.40. The van der Waals surface area contributed by atoms with Gasteiger partial charge in [0.25, 0.3) is 0 Å². The Morgan fingerprint density at radius 1 is 1.48 bits per heavy atom. The number of rotatable bonds is 6. The summed E-state index contributed by atoms with van der Waals surface area (Å²) in [4.78, 5) is 0. The number of hydrogen-bond acceptors (Lipinski definition) is 4. The van der Waals surface area contributed by atoms with Crippen LogP contribution in [0.15, 0.2) is 24.3 Å². The second kappa shape index (κ2) is 6.93. The lowest BCUT2D eigenvalue weighted by Gasteiger charge is -2.17. The molecule has 0 aliphatic heterocycles. The topological polar surface area (TPSA) is 65.1 Å². The second-order valence-electron chi connectivity index (χ2n) is 4.88. The molecule has 1 unspecified atom stereocenters.